The Morgan fingerprint density at radius 2 is 2.00 bits per heavy atom. The average molecular weight is 303 g/mol. The minimum absolute atomic E-state index is 0.0699. The maximum atomic E-state index is 11.7. The quantitative estimate of drug-likeness (QED) is 0.764. The molecule has 0 aromatic carbocycles. The summed E-state index contributed by atoms with van der Waals surface area (Å²) in [6, 6.07) is 2.06. The number of hydrogen-bond donors (Lipinski definition) is 0. The van der Waals surface area contributed by atoms with Crippen LogP contribution in [0.15, 0.2) is 29.7 Å². The van der Waals surface area contributed by atoms with Gasteiger partial charge in [-0.15, -0.1) is 0 Å². The highest BCUT2D eigenvalue weighted by Crippen LogP contribution is 2.14. The van der Waals surface area contributed by atoms with Gasteiger partial charge >= 0.3 is 0 Å². The Morgan fingerprint density at radius 1 is 1.23 bits per heavy atom. The van der Waals surface area contributed by atoms with Crippen molar-refractivity contribution in [2.75, 3.05) is 31.1 Å². The second-order valence-corrected chi connectivity index (χ2v) is 5.67. The van der Waals surface area contributed by atoms with Crippen LogP contribution >= 0.6 is 0 Å². The van der Waals surface area contributed by atoms with E-state index in [-0.39, 0.29) is 5.56 Å². The summed E-state index contributed by atoms with van der Waals surface area (Å²) in [7, 11) is 1.66. The van der Waals surface area contributed by atoms with Crippen LogP contribution in [-0.4, -0.2) is 61.7 Å². The fourth-order valence-corrected chi connectivity index (χ4v) is 2.77. The van der Waals surface area contributed by atoms with Crippen molar-refractivity contribution in [2.45, 2.75) is 19.5 Å². The van der Waals surface area contributed by atoms with E-state index in [0.29, 0.717) is 6.04 Å². The van der Waals surface area contributed by atoms with Crippen LogP contribution in [0.4, 0.5) is 5.69 Å². The van der Waals surface area contributed by atoms with Gasteiger partial charge in [0.25, 0.3) is 5.56 Å². The van der Waals surface area contributed by atoms with Gasteiger partial charge in [0.05, 0.1) is 18.4 Å². The van der Waals surface area contributed by atoms with Crippen molar-refractivity contribution in [3.63, 3.8) is 0 Å². The lowest BCUT2D eigenvalue weighted by atomic mass is 10.2. The highest BCUT2D eigenvalue weighted by Gasteiger charge is 2.22. The van der Waals surface area contributed by atoms with Gasteiger partial charge in [-0.1, -0.05) is 0 Å². The molecule has 8 heteroatoms. The van der Waals surface area contributed by atoms with E-state index in [1.807, 2.05) is 4.68 Å². The number of piperazine rings is 1. The second-order valence-electron chi connectivity index (χ2n) is 5.67. The molecule has 1 unspecified atom stereocenters. The van der Waals surface area contributed by atoms with Crippen LogP contribution in [0.1, 0.15) is 6.92 Å². The smallest absolute Gasteiger partial charge is 0.268 e. The third-order valence-corrected chi connectivity index (χ3v) is 4.17. The molecule has 8 nitrogen and oxygen atoms in total. The van der Waals surface area contributed by atoms with Crippen molar-refractivity contribution in [3.8, 4) is 0 Å². The lowest BCUT2D eigenvalue weighted by Gasteiger charge is -2.38. The van der Waals surface area contributed by atoms with E-state index < -0.39 is 0 Å². The monoisotopic (exact) mass is 303 g/mol. The maximum absolute atomic E-state index is 11.7. The van der Waals surface area contributed by atoms with E-state index in [0.717, 1.165) is 38.4 Å². The van der Waals surface area contributed by atoms with Crippen molar-refractivity contribution < 1.29 is 0 Å². The highest BCUT2D eigenvalue weighted by atomic mass is 16.1. The predicted molar refractivity (Wildman–Crippen MR) is 82.7 cm³/mol. The zero-order chi connectivity index (χ0) is 15.5. The second kappa shape index (κ2) is 6.27. The van der Waals surface area contributed by atoms with E-state index in [2.05, 4.69) is 31.9 Å². The van der Waals surface area contributed by atoms with Gasteiger partial charge in [-0.25, -0.2) is 9.67 Å². The van der Waals surface area contributed by atoms with Gasteiger partial charge < -0.3 is 4.90 Å². The molecule has 0 bridgehead atoms. The molecule has 3 rings (SSSR count). The maximum Gasteiger partial charge on any atom is 0.268 e. The van der Waals surface area contributed by atoms with E-state index >= 15 is 0 Å². The molecule has 118 valence electrons. The van der Waals surface area contributed by atoms with Gasteiger partial charge in [-0.05, 0) is 6.92 Å². The number of anilines is 1. The first-order valence-electron chi connectivity index (χ1n) is 7.48. The van der Waals surface area contributed by atoms with Crippen LogP contribution in [-0.2, 0) is 13.6 Å². The Hall–Kier alpha value is -2.22. The van der Waals surface area contributed by atoms with Crippen molar-refractivity contribution >= 4 is 5.69 Å². The number of hydrogen-bond acceptors (Lipinski definition) is 6. The Balaban J connectivity index is 1.57. The van der Waals surface area contributed by atoms with E-state index in [4.69, 9.17) is 0 Å². The third-order valence-electron chi connectivity index (χ3n) is 4.17. The minimum atomic E-state index is -0.0699. The highest BCUT2D eigenvalue weighted by molar-refractivity contribution is 5.43. The summed E-state index contributed by atoms with van der Waals surface area (Å²) in [4.78, 5) is 20.3. The largest absolute Gasteiger partial charge is 0.368 e. The molecule has 1 atom stereocenters. The molecule has 0 amide bonds. The topological polar surface area (TPSA) is 72.1 Å². The number of aromatic nitrogens is 5. The van der Waals surface area contributed by atoms with Gasteiger partial charge in [0.2, 0.25) is 0 Å². The molecule has 2 aromatic rings. The first-order chi connectivity index (χ1) is 10.6. The Bertz CT molecular complexity index is 658. The van der Waals surface area contributed by atoms with E-state index in [1.54, 1.807) is 32.0 Å². The zero-order valence-corrected chi connectivity index (χ0v) is 13.0. The third kappa shape index (κ3) is 3.16. The molecule has 2 aromatic heterocycles. The Kier molecular flexibility index (Phi) is 4.19. The number of aryl methyl sites for hydroxylation is 1. The summed E-state index contributed by atoms with van der Waals surface area (Å²) >= 11 is 0. The number of rotatable bonds is 4. The van der Waals surface area contributed by atoms with E-state index in [9.17, 15) is 4.79 Å². The average Bonchev–Trinajstić information content (AvgIpc) is 3.03. The van der Waals surface area contributed by atoms with Crippen molar-refractivity contribution in [3.05, 3.63) is 35.3 Å². The molecule has 3 heterocycles. The first-order valence-corrected chi connectivity index (χ1v) is 7.48. The molecular weight excluding hydrogens is 282 g/mol. The standard InChI is InChI=1S/C14H21N7O/c1-12(9-21-11-15-10-17-21)19-3-5-20(6-4-19)13-7-14(22)18(2)16-8-13/h7-8,10-12H,3-6,9H2,1-2H3. The van der Waals surface area contributed by atoms with Gasteiger partial charge in [0.1, 0.15) is 12.7 Å². The summed E-state index contributed by atoms with van der Waals surface area (Å²) in [5.41, 5.74) is 0.839. The van der Waals surface area contributed by atoms with Crippen LogP contribution in [0.2, 0.25) is 0 Å². The van der Waals surface area contributed by atoms with Crippen LogP contribution in [0, 0.1) is 0 Å². The molecule has 0 saturated carbocycles. The lowest BCUT2D eigenvalue weighted by Crippen LogP contribution is -2.50. The summed E-state index contributed by atoms with van der Waals surface area (Å²) in [5, 5.41) is 8.24. The van der Waals surface area contributed by atoms with Crippen molar-refractivity contribution in [1.82, 2.24) is 29.4 Å². The van der Waals surface area contributed by atoms with Gasteiger partial charge in [0, 0.05) is 45.3 Å². The predicted octanol–water partition coefficient (Wildman–Crippen LogP) is -0.417. The van der Waals surface area contributed by atoms with Crippen molar-refractivity contribution in [1.29, 1.82) is 0 Å². The van der Waals surface area contributed by atoms with Crippen LogP contribution in [0.5, 0.6) is 0 Å². The molecule has 0 N–H and O–H groups in total. The van der Waals surface area contributed by atoms with Gasteiger partial charge in [-0.2, -0.15) is 10.2 Å². The van der Waals surface area contributed by atoms with Crippen LogP contribution < -0.4 is 10.5 Å². The first kappa shape index (κ1) is 14.7. The summed E-state index contributed by atoms with van der Waals surface area (Å²) in [6.45, 7) is 6.77. The summed E-state index contributed by atoms with van der Waals surface area (Å²) in [5.74, 6) is 0. The fourth-order valence-electron chi connectivity index (χ4n) is 2.77. The van der Waals surface area contributed by atoms with E-state index in [1.165, 1.54) is 4.68 Å². The minimum Gasteiger partial charge on any atom is -0.368 e. The molecule has 0 aliphatic carbocycles. The Labute approximate surface area is 129 Å². The van der Waals surface area contributed by atoms with Gasteiger partial charge in [0.15, 0.2) is 0 Å². The molecule has 1 aliphatic rings. The fraction of sp³-hybridized carbons (Fsp3) is 0.571. The molecular formula is C14H21N7O. The molecule has 1 fully saturated rings. The Morgan fingerprint density at radius 3 is 2.64 bits per heavy atom. The lowest BCUT2D eigenvalue weighted by molar-refractivity contribution is 0.177. The summed E-state index contributed by atoms with van der Waals surface area (Å²) < 4.78 is 3.21. The number of nitrogens with zero attached hydrogens (tertiary/aromatic N) is 7. The summed E-state index contributed by atoms with van der Waals surface area (Å²) in [6.07, 6.45) is 5.07. The normalized spacial score (nSPS) is 17.6. The van der Waals surface area contributed by atoms with Crippen LogP contribution in [0.25, 0.3) is 0 Å². The van der Waals surface area contributed by atoms with Crippen molar-refractivity contribution in [2.24, 2.45) is 7.05 Å². The SMILES string of the molecule is CC(Cn1cncn1)N1CCN(c2cnn(C)c(=O)c2)CC1. The zero-order valence-electron chi connectivity index (χ0n) is 13.0. The van der Waals surface area contributed by atoms with Gasteiger partial charge in [-0.3, -0.25) is 14.4 Å². The molecule has 0 radical (unpaired) electrons. The molecule has 22 heavy (non-hydrogen) atoms. The molecule has 1 saturated heterocycles. The van der Waals surface area contributed by atoms with Crippen LogP contribution in [0.3, 0.4) is 0 Å². The molecule has 0 spiro atoms. The molecule has 1 aliphatic heterocycles.